The van der Waals surface area contributed by atoms with Crippen LogP contribution in [0.25, 0.3) is 0 Å². The van der Waals surface area contributed by atoms with Crippen LogP contribution in [0.1, 0.15) is 22.5 Å². The zero-order valence-electron chi connectivity index (χ0n) is 11.8. The van der Waals surface area contributed by atoms with Gasteiger partial charge in [0.25, 0.3) is 5.91 Å². The molecule has 4 nitrogen and oxygen atoms in total. The summed E-state index contributed by atoms with van der Waals surface area (Å²) in [6, 6.07) is 13.1. The number of benzene rings is 1. The van der Waals surface area contributed by atoms with E-state index in [0.717, 1.165) is 11.4 Å². The first-order valence-corrected chi connectivity index (χ1v) is 7.06. The summed E-state index contributed by atoms with van der Waals surface area (Å²) in [6.45, 7) is 2.34. The predicted molar refractivity (Wildman–Crippen MR) is 88.5 cm³/mol. The van der Waals surface area contributed by atoms with Gasteiger partial charge in [0.15, 0.2) is 0 Å². The number of thiocarbonyl (C=S) groups is 1. The minimum Gasteiger partial charge on any atom is -0.393 e. The van der Waals surface area contributed by atoms with E-state index in [-0.39, 0.29) is 5.91 Å². The molecule has 108 valence electrons. The van der Waals surface area contributed by atoms with Gasteiger partial charge in [0.2, 0.25) is 0 Å². The Morgan fingerprint density at radius 1 is 1.24 bits per heavy atom. The molecule has 1 aromatic carbocycles. The third-order valence-corrected chi connectivity index (χ3v) is 3.26. The van der Waals surface area contributed by atoms with Gasteiger partial charge in [0, 0.05) is 30.5 Å². The molecule has 5 heteroatoms. The minimum absolute atomic E-state index is 0.107. The molecule has 1 aromatic heterocycles. The second kappa shape index (κ2) is 6.95. The summed E-state index contributed by atoms with van der Waals surface area (Å²) < 4.78 is 0. The fraction of sp³-hybridized carbons (Fsp3) is 0.188. The van der Waals surface area contributed by atoms with E-state index in [1.54, 1.807) is 17.2 Å². The number of nitrogens with two attached hydrogens (primary N) is 1. The van der Waals surface area contributed by atoms with Crippen LogP contribution in [0, 0.1) is 6.92 Å². The van der Waals surface area contributed by atoms with Crippen molar-refractivity contribution in [3.8, 4) is 0 Å². The number of aromatic nitrogens is 1. The van der Waals surface area contributed by atoms with Crippen LogP contribution in [0.3, 0.4) is 0 Å². The van der Waals surface area contributed by atoms with Crippen LogP contribution in [0.5, 0.6) is 0 Å². The molecular weight excluding hydrogens is 282 g/mol. The number of hydrogen-bond acceptors (Lipinski definition) is 3. The average Bonchev–Trinajstić information content (AvgIpc) is 2.49. The molecule has 0 fully saturated rings. The van der Waals surface area contributed by atoms with Crippen LogP contribution < -0.4 is 10.6 Å². The second-order valence-electron chi connectivity index (χ2n) is 4.70. The van der Waals surface area contributed by atoms with E-state index < -0.39 is 0 Å². The number of aryl methyl sites for hydroxylation is 1. The van der Waals surface area contributed by atoms with Crippen molar-refractivity contribution < 1.29 is 4.79 Å². The molecular formula is C16H17N3OS. The van der Waals surface area contributed by atoms with E-state index in [4.69, 9.17) is 18.0 Å². The van der Waals surface area contributed by atoms with Crippen LogP contribution in [-0.4, -0.2) is 22.4 Å². The summed E-state index contributed by atoms with van der Waals surface area (Å²) in [5.74, 6) is -0.107. The van der Waals surface area contributed by atoms with Gasteiger partial charge >= 0.3 is 0 Å². The van der Waals surface area contributed by atoms with Gasteiger partial charge in [-0.2, -0.15) is 0 Å². The van der Waals surface area contributed by atoms with E-state index in [0.29, 0.717) is 23.5 Å². The first-order valence-electron chi connectivity index (χ1n) is 6.66. The maximum atomic E-state index is 12.7. The highest BCUT2D eigenvalue weighted by Crippen LogP contribution is 2.17. The minimum atomic E-state index is -0.107. The Kier molecular flexibility index (Phi) is 5.00. The fourth-order valence-electron chi connectivity index (χ4n) is 1.93. The Labute approximate surface area is 129 Å². The molecule has 2 aromatic rings. The summed E-state index contributed by atoms with van der Waals surface area (Å²) in [6.07, 6.45) is 2.07. The monoisotopic (exact) mass is 299 g/mol. The Hall–Kier alpha value is -2.27. The first kappa shape index (κ1) is 15.1. The third kappa shape index (κ3) is 4.10. The highest BCUT2D eigenvalue weighted by atomic mass is 32.1. The van der Waals surface area contributed by atoms with Gasteiger partial charge < -0.3 is 10.6 Å². The number of carbonyl (C=O) groups excluding carboxylic acids is 1. The quantitative estimate of drug-likeness (QED) is 0.862. The van der Waals surface area contributed by atoms with Crippen molar-refractivity contribution in [3.05, 3.63) is 59.9 Å². The lowest BCUT2D eigenvalue weighted by Gasteiger charge is -2.22. The van der Waals surface area contributed by atoms with E-state index in [1.807, 2.05) is 43.3 Å². The van der Waals surface area contributed by atoms with Crippen LogP contribution in [0.15, 0.2) is 48.7 Å². The number of rotatable bonds is 5. The largest absolute Gasteiger partial charge is 0.393 e. The van der Waals surface area contributed by atoms with Gasteiger partial charge in [-0.15, -0.1) is 0 Å². The number of pyridine rings is 1. The average molecular weight is 299 g/mol. The molecule has 2 rings (SSSR count). The number of nitrogens with zero attached hydrogens (tertiary/aromatic N) is 2. The summed E-state index contributed by atoms with van der Waals surface area (Å²) in [5, 5.41) is 0. The number of carbonyl (C=O) groups is 1. The van der Waals surface area contributed by atoms with Gasteiger partial charge in [-0.25, -0.2) is 0 Å². The first-order chi connectivity index (χ1) is 10.1. The topological polar surface area (TPSA) is 59.2 Å². The smallest absolute Gasteiger partial charge is 0.259 e. The number of anilines is 1. The number of hydrogen-bond donors (Lipinski definition) is 1. The van der Waals surface area contributed by atoms with Crippen molar-refractivity contribution in [2.45, 2.75) is 13.3 Å². The van der Waals surface area contributed by atoms with Crippen molar-refractivity contribution in [2.75, 3.05) is 11.4 Å². The second-order valence-corrected chi connectivity index (χ2v) is 5.22. The standard InChI is InChI=1S/C16H17N3OS/c1-12-7-8-13(11-18-12)16(20)19(10-9-15(17)21)14-5-3-2-4-6-14/h2-8,11H,9-10H2,1H3,(H2,17,21). The lowest BCUT2D eigenvalue weighted by atomic mass is 10.2. The van der Waals surface area contributed by atoms with E-state index in [9.17, 15) is 4.79 Å². The molecule has 0 aliphatic carbocycles. The number of para-hydroxylation sites is 1. The zero-order chi connectivity index (χ0) is 15.2. The molecule has 0 bridgehead atoms. The molecule has 0 atom stereocenters. The lowest BCUT2D eigenvalue weighted by Crippen LogP contribution is -2.33. The van der Waals surface area contributed by atoms with Gasteiger partial charge in [-0.3, -0.25) is 9.78 Å². The number of amides is 1. The summed E-state index contributed by atoms with van der Waals surface area (Å²) in [5.41, 5.74) is 7.80. The molecule has 1 amide bonds. The van der Waals surface area contributed by atoms with Crippen molar-refractivity contribution in [3.63, 3.8) is 0 Å². The Morgan fingerprint density at radius 3 is 2.52 bits per heavy atom. The molecule has 0 aliphatic heterocycles. The maximum Gasteiger partial charge on any atom is 0.259 e. The maximum absolute atomic E-state index is 12.7. The van der Waals surface area contributed by atoms with Crippen molar-refractivity contribution in [1.29, 1.82) is 0 Å². The highest BCUT2D eigenvalue weighted by molar-refractivity contribution is 7.80. The SMILES string of the molecule is Cc1ccc(C(=O)N(CCC(N)=S)c2ccccc2)cn1. The van der Waals surface area contributed by atoms with E-state index in [1.165, 1.54) is 0 Å². The van der Waals surface area contributed by atoms with Gasteiger partial charge in [0.05, 0.1) is 10.6 Å². The normalized spacial score (nSPS) is 10.1. The molecule has 0 saturated heterocycles. The fourth-order valence-corrected chi connectivity index (χ4v) is 2.02. The molecule has 2 N–H and O–H groups in total. The van der Waals surface area contributed by atoms with Gasteiger partial charge in [-0.1, -0.05) is 30.4 Å². The van der Waals surface area contributed by atoms with Crippen molar-refractivity contribution in [2.24, 2.45) is 5.73 Å². The summed E-state index contributed by atoms with van der Waals surface area (Å²) >= 11 is 4.91. The molecule has 21 heavy (non-hydrogen) atoms. The molecule has 0 saturated carbocycles. The predicted octanol–water partition coefficient (Wildman–Crippen LogP) is 2.71. The third-order valence-electron chi connectivity index (χ3n) is 3.05. The van der Waals surface area contributed by atoms with Crippen molar-refractivity contribution >= 4 is 28.8 Å². The van der Waals surface area contributed by atoms with Crippen LogP contribution in [-0.2, 0) is 0 Å². The summed E-state index contributed by atoms with van der Waals surface area (Å²) in [7, 11) is 0. The Bertz CT molecular complexity index is 626. The highest BCUT2D eigenvalue weighted by Gasteiger charge is 2.17. The van der Waals surface area contributed by atoms with E-state index in [2.05, 4.69) is 4.98 Å². The Morgan fingerprint density at radius 2 is 1.95 bits per heavy atom. The van der Waals surface area contributed by atoms with Gasteiger partial charge in [-0.05, 0) is 31.2 Å². The molecule has 0 spiro atoms. The van der Waals surface area contributed by atoms with Crippen LogP contribution in [0.2, 0.25) is 0 Å². The van der Waals surface area contributed by atoms with Gasteiger partial charge in [0.1, 0.15) is 0 Å². The van der Waals surface area contributed by atoms with Crippen molar-refractivity contribution in [1.82, 2.24) is 4.98 Å². The molecule has 0 aliphatic rings. The summed E-state index contributed by atoms with van der Waals surface area (Å²) in [4.78, 5) is 18.9. The molecule has 1 heterocycles. The van der Waals surface area contributed by atoms with Crippen LogP contribution in [0.4, 0.5) is 5.69 Å². The lowest BCUT2D eigenvalue weighted by molar-refractivity contribution is 0.0987. The zero-order valence-corrected chi connectivity index (χ0v) is 12.6. The molecule has 0 radical (unpaired) electrons. The Balaban J connectivity index is 2.28. The van der Waals surface area contributed by atoms with Crippen LogP contribution >= 0.6 is 12.2 Å². The molecule has 0 unspecified atom stereocenters. The van der Waals surface area contributed by atoms with E-state index >= 15 is 0 Å².